The summed E-state index contributed by atoms with van der Waals surface area (Å²) in [7, 11) is 3.48. The summed E-state index contributed by atoms with van der Waals surface area (Å²) in [6.45, 7) is 7.70. The summed E-state index contributed by atoms with van der Waals surface area (Å²) in [6, 6.07) is 3.97. The molecule has 1 aliphatic carbocycles. The van der Waals surface area contributed by atoms with Gasteiger partial charge in [-0.25, -0.2) is 30.4 Å². The van der Waals surface area contributed by atoms with Gasteiger partial charge in [-0.05, 0) is 25.6 Å². The number of aliphatic imine (C=N–C) groups is 1. The van der Waals surface area contributed by atoms with E-state index in [-0.39, 0.29) is 11.6 Å². The van der Waals surface area contributed by atoms with Gasteiger partial charge in [0, 0.05) is 69.5 Å². The summed E-state index contributed by atoms with van der Waals surface area (Å²) in [5.41, 5.74) is 3.18. The molecule has 2 aliphatic rings. The number of anilines is 3. The molecule has 5 rings (SSSR count). The zero-order valence-electron chi connectivity index (χ0n) is 23.9. The highest BCUT2D eigenvalue weighted by atomic mass is 16.5. The lowest BCUT2D eigenvalue weighted by molar-refractivity contribution is 0.0705. The summed E-state index contributed by atoms with van der Waals surface area (Å²) in [5.74, 6) is 2.31. The highest BCUT2D eigenvalue weighted by molar-refractivity contribution is 5.92. The number of nitrogens with zero attached hydrogens (tertiary/aromatic N) is 9. The molecule has 14 heteroatoms. The summed E-state index contributed by atoms with van der Waals surface area (Å²) in [4.78, 5) is 45.6. The van der Waals surface area contributed by atoms with Crippen molar-refractivity contribution in [3.8, 4) is 17.3 Å². The Morgan fingerprint density at radius 2 is 1.88 bits per heavy atom. The fourth-order valence-electron chi connectivity index (χ4n) is 5.27. The van der Waals surface area contributed by atoms with Gasteiger partial charge in [-0.1, -0.05) is 12.8 Å². The number of carbonyl (C=O) groups excluding carboxylic acids is 1. The largest absolute Gasteiger partial charge is 0.481 e. The second-order valence-electron chi connectivity index (χ2n) is 10.2. The zero-order chi connectivity index (χ0) is 29.5. The Bertz CT molecular complexity index is 1360. The fraction of sp³-hybridized carbons (Fsp3) is 0.464. The molecule has 222 valence electrons. The number of nitrogens with one attached hydrogen (secondary N) is 1. The minimum absolute atomic E-state index is 0.168. The monoisotopic (exact) mass is 576 g/mol. The molecular weight excluding hydrogens is 540 g/mol. The molecule has 42 heavy (non-hydrogen) atoms. The smallest absolute Gasteiger partial charge is 0.277 e. The molecule has 2 fully saturated rings. The SMILES string of the molecule is C=Nc1c(N2CCOCC2)nc(-c2ccc(OC)nc2)nc1N(CCN(C)c1ncc(C(=O)NO)cn1)C1CCCC1. The van der Waals surface area contributed by atoms with Crippen LogP contribution >= 0.6 is 0 Å². The number of hydroxylamine groups is 1. The third-order valence-electron chi connectivity index (χ3n) is 7.58. The summed E-state index contributed by atoms with van der Waals surface area (Å²) in [5, 5.41) is 8.87. The summed E-state index contributed by atoms with van der Waals surface area (Å²) >= 11 is 0. The van der Waals surface area contributed by atoms with Crippen LogP contribution in [0.15, 0.2) is 35.7 Å². The van der Waals surface area contributed by atoms with Crippen LogP contribution in [0.4, 0.5) is 23.3 Å². The van der Waals surface area contributed by atoms with E-state index >= 15 is 0 Å². The highest BCUT2D eigenvalue weighted by Crippen LogP contribution is 2.40. The molecule has 0 spiro atoms. The van der Waals surface area contributed by atoms with Gasteiger partial charge in [0.05, 0.1) is 25.9 Å². The van der Waals surface area contributed by atoms with Crippen molar-refractivity contribution in [3.05, 3.63) is 36.3 Å². The van der Waals surface area contributed by atoms with Crippen LogP contribution in [0, 0.1) is 0 Å². The van der Waals surface area contributed by atoms with E-state index in [2.05, 4.69) is 36.5 Å². The first-order valence-electron chi connectivity index (χ1n) is 14.0. The predicted molar refractivity (Wildman–Crippen MR) is 158 cm³/mol. The normalized spacial score (nSPS) is 15.4. The molecular formula is C28H36N10O4. The maximum Gasteiger partial charge on any atom is 0.277 e. The number of amides is 1. The van der Waals surface area contributed by atoms with E-state index < -0.39 is 5.91 Å². The molecule has 0 aromatic carbocycles. The summed E-state index contributed by atoms with van der Waals surface area (Å²) < 4.78 is 10.9. The molecule has 1 amide bonds. The lowest BCUT2D eigenvalue weighted by Crippen LogP contribution is -2.41. The molecule has 0 radical (unpaired) electrons. The average Bonchev–Trinajstić information content (AvgIpc) is 3.59. The molecule has 1 aliphatic heterocycles. The first-order valence-corrected chi connectivity index (χ1v) is 14.0. The minimum atomic E-state index is -0.663. The third-order valence-corrected chi connectivity index (χ3v) is 7.58. The van der Waals surface area contributed by atoms with Gasteiger partial charge >= 0.3 is 0 Å². The zero-order valence-corrected chi connectivity index (χ0v) is 23.9. The van der Waals surface area contributed by atoms with Crippen molar-refractivity contribution in [1.29, 1.82) is 0 Å². The van der Waals surface area contributed by atoms with E-state index in [4.69, 9.17) is 24.6 Å². The number of ether oxygens (including phenoxy) is 2. The predicted octanol–water partition coefficient (Wildman–Crippen LogP) is 2.51. The Morgan fingerprint density at radius 1 is 1.14 bits per heavy atom. The van der Waals surface area contributed by atoms with Crippen LogP contribution < -0.4 is 24.9 Å². The Balaban J connectivity index is 1.51. The van der Waals surface area contributed by atoms with Crippen molar-refractivity contribution >= 4 is 35.9 Å². The van der Waals surface area contributed by atoms with E-state index in [0.717, 1.165) is 42.9 Å². The molecule has 0 unspecified atom stereocenters. The van der Waals surface area contributed by atoms with Crippen LogP contribution in [0.1, 0.15) is 36.0 Å². The number of morpholine rings is 1. The molecule has 0 bridgehead atoms. The standard InChI is InChI=1S/C28H36N10O4/c1-29-23-25(37-12-14-42-15-13-37)33-24(19-8-9-22(41-3)30-16-19)34-26(23)38(21-6-4-5-7-21)11-10-36(2)28-31-17-20(18-32-28)27(39)35-40/h8-9,16-18,21,40H,1,4-7,10-15H2,2-3H3,(H,35,39). The van der Waals surface area contributed by atoms with Crippen LogP contribution in [-0.4, -0.2) is 102 Å². The van der Waals surface area contributed by atoms with Crippen LogP contribution in [0.2, 0.25) is 0 Å². The van der Waals surface area contributed by atoms with Crippen LogP contribution in [0.25, 0.3) is 11.4 Å². The lowest BCUT2D eigenvalue weighted by Gasteiger charge is -2.35. The van der Waals surface area contributed by atoms with Crippen molar-refractivity contribution in [2.24, 2.45) is 4.99 Å². The third kappa shape index (κ3) is 6.39. The maximum atomic E-state index is 11.7. The number of pyridine rings is 1. The lowest BCUT2D eigenvalue weighted by atomic mass is 10.2. The van der Waals surface area contributed by atoms with Gasteiger partial charge in [-0.2, -0.15) is 0 Å². The minimum Gasteiger partial charge on any atom is -0.481 e. The first kappa shape index (κ1) is 29.1. The highest BCUT2D eigenvalue weighted by Gasteiger charge is 2.30. The fourth-order valence-corrected chi connectivity index (χ4v) is 5.27. The molecule has 14 nitrogen and oxygen atoms in total. The number of methoxy groups -OCH3 is 1. The van der Waals surface area contributed by atoms with E-state index in [0.29, 0.717) is 62.7 Å². The van der Waals surface area contributed by atoms with Gasteiger partial charge in [0.25, 0.3) is 5.91 Å². The summed E-state index contributed by atoms with van der Waals surface area (Å²) in [6.07, 6.45) is 8.84. The second kappa shape index (κ2) is 13.5. The van der Waals surface area contributed by atoms with Gasteiger partial charge in [0.2, 0.25) is 11.8 Å². The average molecular weight is 577 g/mol. The molecule has 3 aromatic rings. The van der Waals surface area contributed by atoms with Crippen molar-refractivity contribution in [1.82, 2.24) is 30.4 Å². The topological polar surface area (TPSA) is 154 Å². The Kier molecular flexibility index (Phi) is 9.34. The Morgan fingerprint density at radius 3 is 2.50 bits per heavy atom. The van der Waals surface area contributed by atoms with Crippen LogP contribution in [-0.2, 0) is 4.74 Å². The second-order valence-corrected chi connectivity index (χ2v) is 10.2. The number of rotatable bonds is 11. The molecule has 1 saturated carbocycles. The van der Waals surface area contributed by atoms with Gasteiger partial charge in [-0.3, -0.25) is 15.0 Å². The maximum absolute atomic E-state index is 11.7. The molecule has 3 aromatic heterocycles. The number of aromatic nitrogens is 5. The molecule has 0 atom stereocenters. The van der Waals surface area contributed by atoms with Crippen molar-refractivity contribution in [2.45, 2.75) is 31.7 Å². The number of carbonyl (C=O) groups is 1. The Hall–Kier alpha value is -4.43. The van der Waals surface area contributed by atoms with Crippen LogP contribution in [0.3, 0.4) is 0 Å². The van der Waals surface area contributed by atoms with Crippen molar-refractivity contribution in [2.75, 3.05) is 68.2 Å². The van der Waals surface area contributed by atoms with Crippen molar-refractivity contribution in [3.63, 3.8) is 0 Å². The van der Waals surface area contributed by atoms with Gasteiger partial charge < -0.3 is 24.2 Å². The van der Waals surface area contributed by atoms with Gasteiger partial charge in [0.15, 0.2) is 17.5 Å². The molecule has 4 heterocycles. The van der Waals surface area contributed by atoms with Gasteiger partial charge in [-0.15, -0.1) is 0 Å². The number of hydrogen-bond acceptors (Lipinski definition) is 13. The van der Waals surface area contributed by atoms with E-state index in [1.165, 1.54) is 12.4 Å². The number of hydrogen-bond donors (Lipinski definition) is 2. The molecule has 1 saturated heterocycles. The number of likely N-dealkylation sites (N-methyl/N-ethyl adjacent to an activating group) is 1. The Labute approximate surface area is 244 Å². The van der Waals surface area contributed by atoms with Gasteiger partial charge in [0.1, 0.15) is 5.69 Å². The van der Waals surface area contributed by atoms with E-state index in [9.17, 15) is 4.79 Å². The van der Waals surface area contributed by atoms with Crippen molar-refractivity contribution < 1.29 is 19.5 Å². The van der Waals surface area contributed by atoms with Crippen LogP contribution in [0.5, 0.6) is 5.88 Å². The molecule has 2 N–H and O–H groups in total. The first-order chi connectivity index (χ1) is 20.5. The van der Waals surface area contributed by atoms with E-state index in [1.807, 2.05) is 18.0 Å². The van der Waals surface area contributed by atoms with E-state index in [1.54, 1.807) is 24.9 Å². The quantitative estimate of drug-likeness (QED) is 0.196.